The Morgan fingerprint density at radius 1 is 1.31 bits per heavy atom. The van der Waals surface area contributed by atoms with Crippen molar-refractivity contribution in [3.63, 3.8) is 0 Å². The topological polar surface area (TPSA) is 108 Å². The van der Waals surface area contributed by atoms with Gasteiger partial charge in [0.05, 0.1) is 23.2 Å². The highest BCUT2D eigenvalue weighted by Crippen LogP contribution is 2.39. The van der Waals surface area contributed by atoms with Gasteiger partial charge in [-0.2, -0.15) is 0 Å². The van der Waals surface area contributed by atoms with E-state index >= 15 is 0 Å². The monoisotopic (exact) mass is 473 g/mol. The number of para-hydroxylation sites is 1. The van der Waals surface area contributed by atoms with Crippen LogP contribution >= 0.6 is 23.1 Å². The van der Waals surface area contributed by atoms with Crippen molar-refractivity contribution in [2.45, 2.75) is 49.3 Å². The fourth-order valence-electron chi connectivity index (χ4n) is 3.69. The molecule has 1 N–H and O–H groups in total. The van der Waals surface area contributed by atoms with Gasteiger partial charge in [-0.3, -0.25) is 4.79 Å². The third-order valence-electron chi connectivity index (χ3n) is 5.29. The van der Waals surface area contributed by atoms with E-state index in [9.17, 15) is 14.7 Å². The first-order valence-electron chi connectivity index (χ1n) is 10.4. The van der Waals surface area contributed by atoms with Crippen LogP contribution in [0.1, 0.15) is 47.0 Å². The standard InChI is InChI=1S/C22H23N3O5S2/c1-3-15(32-20-22(28)30-24-25(20)13-9-5-4-6-10-13)18(26)23-19-17(21(27)29-2)14-11-7-8-12-16(14)31-19/h4-6,9-10,15H,3,7-8,11-12H2,1-2H3,(H-,23,24,26,27,28). The Morgan fingerprint density at radius 3 is 2.78 bits per heavy atom. The molecular weight excluding hydrogens is 450 g/mol. The van der Waals surface area contributed by atoms with Gasteiger partial charge >= 0.3 is 5.97 Å². The number of amides is 1. The molecule has 0 saturated carbocycles. The number of hydrogen-bond donors (Lipinski definition) is 1. The van der Waals surface area contributed by atoms with Crippen molar-refractivity contribution >= 4 is 40.0 Å². The van der Waals surface area contributed by atoms with Crippen molar-refractivity contribution in [3.8, 4) is 11.6 Å². The molecule has 2 heterocycles. The van der Waals surface area contributed by atoms with E-state index in [2.05, 4.69) is 10.6 Å². The summed E-state index contributed by atoms with van der Waals surface area (Å²) in [4.78, 5) is 26.7. The number of carbonyl (C=O) groups is 2. The highest BCUT2D eigenvalue weighted by molar-refractivity contribution is 8.00. The van der Waals surface area contributed by atoms with Crippen LogP contribution in [0.3, 0.4) is 0 Å². The number of aromatic nitrogens is 2. The lowest BCUT2D eigenvalue weighted by Gasteiger charge is -2.14. The number of esters is 1. The van der Waals surface area contributed by atoms with Crippen LogP contribution < -0.4 is 15.1 Å². The fraction of sp³-hybridized carbons (Fsp3) is 0.364. The van der Waals surface area contributed by atoms with E-state index in [0.717, 1.165) is 47.9 Å². The largest absolute Gasteiger partial charge is 0.538 e. The molecule has 4 rings (SSSR count). The lowest BCUT2D eigenvalue weighted by molar-refractivity contribution is -0.705. The molecule has 8 nitrogen and oxygen atoms in total. The quantitative estimate of drug-likeness (QED) is 0.319. The molecule has 10 heteroatoms. The van der Waals surface area contributed by atoms with Gasteiger partial charge in [0.2, 0.25) is 11.6 Å². The first-order valence-corrected chi connectivity index (χ1v) is 12.1. The van der Waals surface area contributed by atoms with E-state index in [1.54, 1.807) is 12.1 Å². The van der Waals surface area contributed by atoms with E-state index in [-0.39, 0.29) is 10.9 Å². The number of thioether (sulfide) groups is 1. The van der Waals surface area contributed by atoms with Crippen LogP contribution in [-0.2, 0) is 22.4 Å². The summed E-state index contributed by atoms with van der Waals surface area (Å²) in [6.07, 6.45) is 4.23. The number of fused-ring (bicyclic) bond motifs is 1. The second kappa shape index (κ2) is 9.74. The van der Waals surface area contributed by atoms with Gasteiger partial charge in [-0.05, 0) is 54.1 Å². The molecule has 1 atom stereocenters. The molecule has 0 fully saturated rings. The molecule has 1 aliphatic carbocycles. The number of thiophene rings is 1. The summed E-state index contributed by atoms with van der Waals surface area (Å²) >= 11 is 2.53. The van der Waals surface area contributed by atoms with E-state index < -0.39 is 17.2 Å². The van der Waals surface area contributed by atoms with Gasteiger partial charge in [-0.25, -0.2) is 4.79 Å². The highest BCUT2D eigenvalue weighted by atomic mass is 32.2. The van der Waals surface area contributed by atoms with Gasteiger partial charge < -0.3 is 19.7 Å². The fourth-order valence-corrected chi connectivity index (χ4v) is 5.95. The van der Waals surface area contributed by atoms with Gasteiger partial charge in [0.25, 0.3) is 5.03 Å². The van der Waals surface area contributed by atoms with E-state index in [1.165, 1.54) is 23.1 Å². The first kappa shape index (κ1) is 22.3. The Kier molecular flexibility index (Phi) is 6.80. The molecule has 0 spiro atoms. The molecule has 2 aromatic heterocycles. The number of methoxy groups -OCH3 is 1. The van der Waals surface area contributed by atoms with Crippen molar-refractivity contribution in [1.29, 1.82) is 0 Å². The van der Waals surface area contributed by atoms with E-state index in [1.807, 2.05) is 25.1 Å². The lowest BCUT2D eigenvalue weighted by atomic mass is 9.95. The molecule has 0 bridgehead atoms. The van der Waals surface area contributed by atoms with Crippen molar-refractivity contribution in [3.05, 3.63) is 46.3 Å². The Hall–Kier alpha value is -2.85. The van der Waals surface area contributed by atoms with Crippen LogP contribution in [0.5, 0.6) is 5.95 Å². The minimum atomic E-state index is -0.605. The number of benzene rings is 1. The molecule has 1 amide bonds. The van der Waals surface area contributed by atoms with Gasteiger partial charge in [-0.15, -0.1) is 11.3 Å². The Bertz CT molecular complexity index is 1130. The lowest BCUT2D eigenvalue weighted by Crippen LogP contribution is -2.36. The van der Waals surface area contributed by atoms with Crippen molar-refractivity contribution in [2.24, 2.45) is 0 Å². The summed E-state index contributed by atoms with van der Waals surface area (Å²) in [5.41, 5.74) is 2.09. The second-order valence-corrected chi connectivity index (χ2v) is 9.62. The maximum atomic E-state index is 13.2. The van der Waals surface area contributed by atoms with Crippen LogP contribution in [0.2, 0.25) is 0 Å². The molecule has 1 unspecified atom stereocenters. The zero-order valence-electron chi connectivity index (χ0n) is 17.8. The second-order valence-electron chi connectivity index (χ2n) is 7.32. The van der Waals surface area contributed by atoms with Crippen LogP contribution in [0.15, 0.2) is 39.9 Å². The molecule has 0 saturated heterocycles. The molecule has 1 aromatic carbocycles. The van der Waals surface area contributed by atoms with Crippen LogP contribution in [0, 0.1) is 0 Å². The van der Waals surface area contributed by atoms with Crippen LogP contribution in [-0.4, -0.2) is 29.5 Å². The molecule has 0 aliphatic heterocycles. The van der Waals surface area contributed by atoms with Crippen molar-refractivity contribution in [2.75, 3.05) is 12.4 Å². The summed E-state index contributed by atoms with van der Waals surface area (Å²) in [6, 6.07) is 9.11. The summed E-state index contributed by atoms with van der Waals surface area (Å²) in [5, 5.41) is 19.2. The first-order chi connectivity index (χ1) is 15.5. The van der Waals surface area contributed by atoms with Gasteiger partial charge in [0.1, 0.15) is 5.00 Å². The normalized spacial score (nSPS) is 13.9. The number of anilines is 1. The molecule has 0 radical (unpaired) electrons. The summed E-state index contributed by atoms with van der Waals surface area (Å²) in [7, 11) is 1.34. The predicted molar refractivity (Wildman–Crippen MR) is 118 cm³/mol. The van der Waals surface area contributed by atoms with Crippen molar-refractivity contribution < 1.29 is 28.6 Å². The minimum absolute atomic E-state index is 0.219. The number of nitrogens with zero attached hydrogens (tertiary/aromatic N) is 2. The molecule has 168 valence electrons. The zero-order chi connectivity index (χ0) is 22.7. The Morgan fingerprint density at radius 2 is 2.06 bits per heavy atom. The third kappa shape index (κ3) is 4.37. The Labute approximate surface area is 193 Å². The summed E-state index contributed by atoms with van der Waals surface area (Å²) in [6.45, 7) is 1.86. The number of ether oxygens (including phenoxy) is 1. The number of rotatable bonds is 7. The SMILES string of the molecule is CCC(Sc1c([O-])on[n+]1-c1ccccc1)C(=O)Nc1sc2c(c1C(=O)OC)CCCC2. The zero-order valence-corrected chi connectivity index (χ0v) is 19.4. The van der Waals surface area contributed by atoms with Gasteiger partial charge in [-0.1, -0.05) is 25.1 Å². The maximum Gasteiger partial charge on any atom is 0.341 e. The molecule has 32 heavy (non-hydrogen) atoms. The van der Waals surface area contributed by atoms with Crippen LogP contribution in [0.25, 0.3) is 5.69 Å². The molecule has 1 aliphatic rings. The third-order valence-corrected chi connectivity index (χ3v) is 7.89. The molecular formula is C22H23N3O5S2. The van der Waals surface area contributed by atoms with E-state index in [4.69, 9.17) is 9.26 Å². The predicted octanol–water partition coefficient (Wildman–Crippen LogP) is 3.26. The maximum absolute atomic E-state index is 13.2. The highest BCUT2D eigenvalue weighted by Gasteiger charge is 2.31. The number of hydrogen-bond acceptors (Lipinski definition) is 8. The van der Waals surface area contributed by atoms with Gasteiger partial charge in [0.15, 0.2) is 5.95 Å². The molecule has 3 aromatic rings. The van der Waals surface area contributed by atoms with Crippen LogP contribution in [0.4, 0.5) is 5.00 Å². The Balaban J connectivity index is 1.59. The average molecular weight is 474 g/mol. The smallest absolute Gasteiger partial charge is 0.341 e. The minimum Gasteiger partial charge on any atom is -0.538 e. The van der Waals surface area contributed by atoms with Crippen molar-refractivity contribution in [1.82, 2.24) is 5.27 Å². The number of nitrogens with one attached hydrogen (secondary N) is 1. The number of carbonyl (C=O) groups excluding carboxylic acids is 2. The summed E-state index contributed by atoms with van der Waals surface area (Å²) < 4.78 is 11.2. The van der Waals surface area contributed by atoms with Gasteiger partial charge in [0, 0.05) is 17.0 Å². The van der Waals surface area contributed by atoms with E-state index in [0.29, 0.717) is 22.7 Å². The average Bonchev–Trinajstić information content (AvgIpc) is 3.37. The number of aryl methyl sites for hydroxylation is 1. The summed E-state index contributed by atoms with van der Waals surface area (Å²) in [5.74, 6) is -1.34.